The largest absolute Gasteiger partial charge is 0.467 e. The lowest BCUT2D eigenvalue weighted by atomic mass is 10.1. The van der Waals surface area contributed by atoms with Gasteiger partial charge in [-0.3, -0.25) is 0 Å². The summed E-state index contributed by atoms with van der Waals surface area (Å²) >= 11 is 5.60. The molecule has 120 valence electrons. The average molecular weight is 333 g/mol. The molecular formula is C15H16ClF3N2O. The molecule has 1 aromatic carbocycles. The number of nitrogens with zero attached hydrogens (tertiary/aromatic N) is 1. The van der Waals surface area contributed by atoms with Crippen LogP contribution in [-0.2, 0) is 6.18 Å². The first-order valence-corrected chi connectivity index (χ1v) is 6.90. The van der Waals surface area contributed by atoms with Gasteiger partial charge in [-0.15, -0.1) is 0 Å². The Kier molecular flexibility index (Phi) is 4.33. The van der Waals surface area contributed by atoms with E-state index in [4.69, 9.17) is 22.1 Å². The summed E-state index contributed by atoms with van der Waals surface area (Å²) in [5.41, 5.74) is 7.13. The summed E-state index contributed by atoms with van der Waals surface area (Å²) in [5, 5.41) is -0.357. The van der Waals surface area contributed by atoms with Crippen LogP contribution in [0.25, 0.3) is 0 Å². The molecule has 1 atom stereocenters. The molecule has 0 spiro atoms. The Morgan fingerprint density at radius 1 is 1.27 bits per heavy atom. The monoisotopic (exact) mass is 332 g/mol. The summed E-state index contributed by atoms with van der Waals surface area (Å²) in [7, 11) is 1.77. The van der Waals surface area contributed by atoms with Gasteiger partial charge >= 0.3 is 6.18 Å². The first kappa shape index (κ1) is 16.5. The molecule has 0 amide bonds. The van der Waals surface area contributed by atoms with E-state index in [-0.39, 0.29) is 10.8 Å². The Bertz CT molecular complexity index is 653. The van der Waals surface area contributed by atoms with Crippen LogP contribution in [-0.4, -0.2) is 18.2 Å². The van der Waals surface area contributed by atoms with Gasteiger partial charge in [0.05, 0.1) is 16.3 Å². The lowest BCUT2D eigenvalue weighted by Gasteiger charge is -2.35. The zero-order valence-electron chi connectivity index (χ0n) is 12.3. The highest BCUT2D eigenvalue weighted by atomic mass is 35.5. The molecule has 0 aromatic heterocycles. The van der Waals surface area contributed by atoms with Crippen LogP contribution in [0.3, 0.4) is 0 Å². The van der Waals surface area contributed by atoms with Gasteiger partial charge in [0.2, 0.25) is 0 Å². The Balaban J connectivity index is 2.31. The number of likely N-dealkylation sites (N-methyl/N-ethyl adjacent to an activating group) is 1. The van der Waals surface area contributed by atoms with Crippen LogP contribution < -0.4 is 10.5 Å². The number of ether oxygens (including phenoxy) is 1. The zero-order valence-corrected chi connectivity index (χ0v) is 13.1. The second kappa shape index (κ2) is 5.76. The fraction of sp³-hybridized carbons (Fsp3) is 0.333. The minimum Gasteiger partial charge on any atom is -0.467 e. The molecule has 0 radical (unpaired) electrons. The molecule has 0 aliphatic carbocycles. The molecule has 0 saturated carbocycles. The Morgan fingerprint density at radius 2 is 1.91 bits per heavy atom. The second-order valence-corrected chi connectivity index (χ2v) is 5.56. The van der Waals surface area contributed by atoms with E-state index in [1.807, 2.05) is 6.92 Å². The number of alkyl halides is 3. The third-order valence-corrected chi connectivity index (χ3v) is 3.89. The van der Waals surface area contributed by atoms with Crippen molar-refractivity contribution in [2.24, 2.45) is 5.73 Å². The fourth-order valence-electron chi connectivity index (χ4n) is 2.20. The maximum atomic E-state index is 12.9. The third-order valence-electron chi connectivity index (χ3n) is 3.56. The SMILES string of the molecule is CC1=CC(N)=C(C)N(C)C1Oc1ccc(Cl)c(C(F)(F)F)c1. The van der Waals surface area contributed by atoms with Crippen molar-refractivity contribution in [3.05, 3.63) is 51.8 Å². The van der Waals surface area contributed by atoms with Gasteiger partial charge in [0.25, 0.3) is 0 Å². The molecule has 22 heavy (non-hydrogen) atoms. The van der Waals surface area contributed by atoms with Crippen LogP contribution in [0.2, 0.25) is 5.02 Å². The van der Waals surface area contributed by atoms with Gasteiger partial charge < -0.3 is 15.4 Å². The molecule has 0 fully saturated rings. The molecule has 7 heteroatoms. The summed E-state index contributed by atoms with van der Waals surface area (Å²) in [6.07, 6.45) is -3.30. The highest BCUT2D eigenvalue weighted by Crippen LogP contribution is 2.37. The van der Waals surface area contributed by atoms with E-state index in [1.165, 1.54) is 12.1 Å². The van der Waals surface area contributed by atoms with Crippen LogP contribution in [0.4, 0.5) is 13.2 Å². The first-order valence-electron chi connectivity index (χ1n) is 6.52. The highest BCUT2D eigenvalue weighted by Gasteiger charge is 2.34. The van der Waals surface area contributed by atoms with Crippen molar-refractivity contribution in [2.45, 2.75) is 26.3 Å². The molecule has 1 unspecified atom stereocenters. The minimum atomic E-state index is -4.53. The maximum Gasteiger partial charge on any atom is 0.417 e. The fourth-order valence-corrected chi connectivity index (χ4v) is 2.43. The van der Waals surface area contributed by atoms with Gasteiger partial charge in [-0.1, -0.05) is 11.6 Å². The van der Waals surface area contributed by atoms with Gasteiger partial charge in [0.1, 0.15) is 5.75 Å². The van der Waals surface area contributed by atoms with Crippen LogP contribution >= 0.6 is 11.6 Å². The molecule has 0 saturated heterocycles. The van der Waals surface area contributed by atoms with Gasteiger partial charge in [-0.25, -0.2) is 0 Å². The number of nitrogens with two attached hydrogens (primary N) is 1. The third kappa shape index (κ3) is 3.16. The van der Waals surface area contributed by atoms with Gasteiger partial charge in [0.15, 0.2) is 6.23 Å². The summed E-state index contributed by atoms with van der Waals surface area (Å²) < 4.78 is 44.4. The lowest BCUT2D eigenvalue weighted by Crippen LogP contribution is -2.39. The Labute approximate surface area is 131 Å². The summed E-state index contributed by atoms with van der Waals surface area (Å²) in [6.45, 7) is 3.62. The van der Waals surface area contributed by atoms with E-state index in [9.17, 15) is 13.2 Å². The predicted octanol–water partition coefficient (Wildman–Crippen LogP) is 4.15. The molecule has 1 aliphatic heterocycles. The Hall–Kier alpha value is -1.82. The van der Waals surface area contributed by atoms with Crippen molar-refractivity contribution >= 4 is 11.6 Å². The van der Waals surface area contributed by atoms with E-state index in [1.54, 1.807) is 24.9 Å². The normalized spacial score (nSPS) is 19.3. The lowest BCUT2D eigenvalue weighted by molar-refractivity contribution is -0.137. The molecule has 1 heterocycles. The Morgan fingerprint density at radius 3 is 2.50 bits per heavy atom. The predicted molar refractivity (Wildman–Crippen MR) is 79.3 cm³/mol. The van der Waals surface area contributed by atoms with Crippen molar-refractivity contribution in [3.63, 3.8) is 0 Å². The molecule has 3 nitrogen and oxygen atoms in total. The average Bonchev–Trinajstić information content (AvgIpc) is 2.41. The number of benzene rings is 1. The van der Waals surface area contributed by atoms with Crippen LogP contribution in [0.1, 0.15) is 19.4 Å². The van der Waals surface area contributed by atoms with Gasteiger partial charge in [-0.2, -0.15) is 13.2 Å². The van der Waals surface area contributed by atoms with Crippen LogP contribution in [0.5, 0.6) is 5.75 Å². The van der Waals surface area contributed by atoms with Crippen molar-refractivity contribution in [2.75, 3.05) is 7.05 Å². The van der Waals surface area contributed by atoms with E-state index in [0.29, 0.717) is 5.70 Å². The van der Waals surface area contributed by atoms with Crippen molar-refractivity contribution in [3.8, 4) is 5.75 Å². The van der Waals surface area contributed by atoms with E-state index >= 15 is 0 Å². The summed E-state index contributed by atoms with van der Waals surface area (Å²) in [4.78, 5) is 1.77. The zero-order chi connectivity index (χ0) is 16.7. The smallest absolute Gasteiger partial charge is 0.417 e. The van der Waals surface area contributed by atoms with E-state index < -0.39 is 18.0 Å². The molecule has 0 bridgehead atoms. The number of hydrogen-bond donors (Lipinski definition) is 1. The van der Waals surface area contributed by atoms with Crippen molar-refractivity contribution in [1.82, 2.24) is 4.90 Å². The van der Waals surface area contributed by atoms with Crippen LogP contribution in [0, 0.1) is 0 Å². The number of halogens is 4. The molecular weight excluding hydrogens is 317 g/mol. The van der Waals surface area contributed by atoms with E-state index in [2.05, 4.69) is 0 Å². The molecule has 2 rings (SSSR count). The van der Waals surface area contributed by atoms with Gasteiger partial charge in [0, 0.05) is 12.7 Å². The quantitative estimate of drug-likeness (QED) is 0.884. The first-order chi connectivity index (χ1) is 10.1. The minimum absolute atomic E-state index is 0.0922. The van der Waals surface area contributed by atoms with Crippen molar-refractivity contribution in [1.29, 1.82) is 0 Å². The number of rotatable bonds is 2. The highest BCUT2D eigenvalue weighted by molar-refractivity contribution is 6.31. The summed E-state index contributed by atoms with van der Waals surface area (Å²) in [6, 6.07) is 3.49. The molecule has 1 aromatic rings. The van der Waals surface area contributed by atoms with Gasteiger partial charge in [-0.05, 0) is 43.7 Å². The number of hydrogen-bond acceptors (Lipinski definition) is 3. The van der Waals surface area contributed by atoms with Crippen molar-refractivity contribution < 1.29 is 17.9 Å². The second-order valence-electron chi connectivity index (χ2n) is 5.15. The summed E-state index contributed by atoms with van der Waals surface area (Å²) in [5.74, 6) is 0.0922. The molecule has 1 aliphatic rings. The topological polar surface area (TPSA) is 38.5 Å². The van der Waals surface area contributed by atoms with E-state index in [0.717, 1.165) is 17.3 Å². The molecule has 2 N–H and O–H groups in total. The standard InChI is InChI=1S/C15H16ClF3N2O/c1-8-6-13(20)9(2)21(3)14(8)22-10-4-5-12(16)11(7-10)15(17,18)19/h4-7,14H,20H2,1-3H3. The maximum absolute atomic E-state index is 12.9. The number of allylic oxidation sites excluding steroid dienone is 2. The van der Waals surface area contributed by atoms with Crippen LogP contribution in [0.15, 0.2) is 41.2 Å².